The van der Waals surface area contributed by atoms with E-state index in [1.54, 1.807) is 11.3 Å². The van der Waals surface area contributed by atoms with Gasteiger partial charge in [0.05, 0.1) is 0 Å². The molecule has 0 bridgehead atoms. The highest BCUT2D eigenvalue weighted by Crippen LogP contribution is 2.21. The van der Waals surface area contributed by atoms with Gasteiger partial charge in [-0.3, -0.25) is 5.41 Å². The summed E-state index contributed by atoms with van der Waals surface area (Å²) >= 11 is 1.78. The molecule has 0 spiro atoms. The van der Waals surface area contributed by atoms with Crippen molar-refractivity contribution < 1.29 is 0 Å². The highest BCUT2D eigenvalue weighted by atomic mass is 32.1. The second-order valence-corrected chi connectivity index (χ2v) is 5.72. The first-order valence-electron chi connectivity index (χ1n) is 6.26. The summed E-state index contributed by atoms with van der Waals surface area (Å²) in [4.78, 5) is 3.55. The van der Waals surface area contributed by atoms with Gasteiger partial charge in [-0.25, -0.2) is 0 Å². The molecule has 0 saturated carbocycles. The lowest BCUT2D eigenvalue weighted by Crippen LogP contribution is -2.24. The summed E-state index contributed by atoms with van der Waals surface area (Å²) in [5, 5.41) is 9.76. The molecule has 0 fully saturated rings. The van der Waals surface area contributed by atoms with E-state index in [4.69, 9.17) is 11.1 Å². The Morgan fingerprint density at radius 1 is 1.37 bits per heavy atom. The lowest BCUT2D eigenvalue weighted by atomic mass is 10.1. The molecule has 0 aliphatic heterocycles. The van der Waals surface area contributed by atoms with Crippen LogP contribution < -0.4 is 10.6 Å². The van der Waals surface area contributed by atoms with Crippen molar-refractivity contribution in [1.82, 2.24) is 0 Å². The van der Waals surface area contributed by atoms with Crippen molar-refractivity contribution >= 4 is 22.9 Å². The third-order valence-electron chi connectivity index (χ3n) is 3.13. The Balaban J connectivity index is 2.15. The Bertz CT molecular complexity index is 561. The fourth-order valence-corrected chi connectivity index (χ4v) is 2.74. The number of aryl methyl sites for hydroxylation is 1. The Kier molecular flexibility index (Phi) is 4.22. The molecule has 0 radical (unpaired) electrons. The Hall–Kier alpha value is -1.81. The number of hydrogen-bond acceptors (Lipinski definition) is 3. The number of benzene rings is 1. The third-order valence-corrected chi connectivity index (χ3v) is 4.06. The lowest BCUT2D eigenvalue weighted by Gasteiger charge is -2.22. The normalized spacial score (nSPS) is 10.4. The van der Waals surface area contributed by atoms with Crippen LogP contribution in [-0.4, -0.2) is 19.4 Å². The van der Waals surface area contributed by atoms with Gasteiger partial charge in [0.25, 0.3) is 0 Å². The molecule has 0 saturated heterocycles. The third kappa shape index (κ3) is 3.35. The van der Waals surface area contributed by atoms with Gasteiger partial charge in [-0.15, -0.1) is 11.3 Å². The van der Waals surface area contributed by atoms with Crippen molar-refractivity contribution in [2.75, 3.05) is 18.5 Å². The van der Waals surface area contributed by atoms with Crippen molar-refractivity contribution in [1.29, 1.82) is 5.41 Å². The molecule has 2 aromatic rings. The van der Waals surface area contributed by atoms with Gasteiger partial charge in [-0.1, -0.05) is 12.1 Å². The Morgan fingerprint density at radius 3 is 2.79 bits per heavy atom. The second kappa shape index (κ2) is 5.89. The van der Waals surface area contributed by atoms with Crippen molar-refractivity contribution in [3.63, 3.8) is 0 Å². The molecule has 100 valence electrons. The molecule has 0 amide bonds. The highest BCUT2D eigenvalue weighted by molar-refractivity contribution is 7.09. The number of nitrogen functional groups attached to an aromatic ring is 1. The van der Waals surface area contributed by atoms with Gasteiger partial charge in [0.15, 0.2) is 0 Å². The van der Waals surface area contributed by atoms with E-state index >= 15 is 0 Å². The van der Waals surface area contributed by atoms with E-state index in [9.17, 15) is 0 Å². The number of hydrogen-bond donors (Lipinski definition) is 2. The average Bonchev–Trinajstić information content (AvgIpc) is 2.88. The largest absolute Gasteiger partial charge is 0.384 e. The van der Waals surface area contributed by atoms with Gasteiger partial charge < -0.3 is 10.6 Å². The van der Waals surface area contributed by atoms with Crippen molar-refractivity contribution in [3.8, 4) is 0 Å². The Morgan fingerprint density at radius 2 is 2.16 bits per heavy atom. The molecular weight excluding hydrogens is 254 g/mol. The van der Waals surface area contributed by atoms with Gasteiger partial charge in [0.2, 0.25) is 0 Å². The van der Waals surface area contributed by atoms with E-state index in [0.717, 1.165) is 24.2 Å². The summed E-state index contributed by atoms with van der Waals surface area (Å²) < 4.78 is 0. The zero-order chi connectivity index (χ0) is 13.8. The molecule has 3 nitrogen and oxygen atoms in total. The standard InChI is InChI=1S/C15H19N3S/c1-11-5-6-13(15(16)17)14(10-11)18(2)8-7-12-4-3-9-19-12/h3-6,9-10H,7-8H2,1-2H3,(H3,16,17). The van der Waals surface area contributed by atoms with E-state index in [1.807, 2.05) is 12.1 Å². The smallest absolute Gasteiger partial charge is 0.124 e. The maximum atomic E-state index is 7.66. The summed E-state index contributed by atoms with van der Waals surface area (Å²) in [7, 11) is 2.05. The molecule has 3 N–H and O–H groups in total. The first-order valence-corrected chi connectivity index (χ1v) is 7.14. The number of likely N-dealkylation sites (N-methyl/N-ethyl adjacent to an activating group) is 1. The van der Waals surface area contributed by atoms with Crippen LogP contribution in [0, 0.1) is 12.3 Å². The summed E-state index contributed by atoms with van der Waals surface area (Å²) in [6.07, 6.45) is 1.01. The SMILES string of the molecule is Cc1ccc(C(=N)N)c(N(C)CCc2cccs2)c1. The summed E-state index contributed by atoms with van der Waals surface area (Å²) in [5.74, 6) is 0.123. The van der Waals surface area contributed by atoms with E-state index in [2.05, 4.69) is 42.5 Å². The zero-order valence-electron chi connectivity index (χ0n) is 11.3. The van der Waals surface area contributed by atoms with E-state index in [-0.39, 0.29) is 5.84 Å². The highest BCUT2D eigenvalue weighted by Gasteiger charge is 2.10. The first kappa shape index (κ1) is 13.6. The summed E-state index contributed by atoms with van der Waals surface area (Å²) in [6.45, 7) is 2.98. The molecular formula is C15H19N3S. The van der Waals surface area contributed by atoms with Gasteiger partial charge in [0, 0.05) is 29.7 Å². The topological polar surface area (TPSA) is 53.1 Å². The van der Waals surface area contributed by atoms with Gasteiger partial charge in [-0.05, 0) is 42.5 Å². The molecule has 0 aliphatic rings. The monoisotopic (exact) mass is 273 g/mol. The quantitative estimate of drug-likeness (QED) is 0.650. The Labute approximate surface area is 118 Å². The molecule has 0 atom stereocenters. The maximum absolute atomic E-state index is 7.66. The van der Waals surface area contributed by atoms with Crippen LogP contribution in [0.4, 0.5) is 5.69 Å². The van der Waals surface area contributed by atoms with Crippen LogP contribution >= 0.6 is 11.3 Å². The van der Waals surface area contributed by atoms with Crippen molar-refractivity contribution in [2.45, 2.75) is 13.3 Å². The first-order chi connectivity index (χ1) is 9.08. The second-order valence-electron chi connectivity index (χ2n) is 4.69. The van der Waals surface area contributed by atoms with Crippen LogP contribution in [0.2, 0.25) is 0 Å². The van der Waals surface area contributed by atoms with Crippen LogP contribution in [0.3, 0.4) is 0 Å². The molecule has 1 aromatic carbocycles. The number of nitrogens with two attached hydrogens (primary N) is 1. The molecule has 1 aromatic heterocycles. The molecule has 1 heterocycles. The fraction of sp³-hybridized carbons (Fsp3) is 0.267. The van der Waals surface area contributed by atoms with E-state index in [0.29, 0.717) is 0 Å². The number of nitrogens with one attached hydrogen (secondary N) is 1. The minimum Gasteiger partial charge on any atom is -0.384 e. The molecule has 0 aliphatic carbocycles. The number of anilines is 1. The number of nitrogens with zero attached hydrogens (tertiary/aromatic N) is 1. The van der Waals surface area contributed by atoms with Gasteiger partial charge in [0.1, 0.15) is 5.84 Å². The zero-order valence-corrected chi connectivity index (χ0v) is 12.1. The predicted octanol–water partition coefficient (Wildman–Crippen LogP) is 3.02. The summed E-state index contributed by atoms with van der Waals surface area (Å²) in [5.41, 5.74) is 8.67. The van der Waals surface area contributed by atoms with Crippen LogP contribution in [0.25, 0.3) is 0 Å². The fourth-order valence-electron chi connectivity index (χ4n) is 2.04. The summed E-state index contributed by atoms with van der Waals surface area (Å²) in [6, 6.07) is 10.2. The number of rotatable bonds is 5. The van der Waals surface area contributed by atoms with Crippen LogP contribution in [0.1, 0.15) is 16.0 Å². The van der Waals surface area contributed by atoms with Gasteiger partial charge >= 0.3 is 0 Å². The van der Waals surface area contributed by atoms with Crippen molar-refractivity contribution in [2.24, 2.45) is 5.73 Å². The molecule has 4 heteroatoms. The number of amidine groups is 1. The molecule has 19 heavy (non-hydrogen) atoms. The van der Waals surface area contributed by atoms with Crippen LogP contribution in [0.5, 0.6) is 0 Å². The van der Waals surface area contributed by atoms with Crippen LogP contribution in [0.15, 0.2) is 35.7 Å². The molecule has 2 rings (SSSR count). The van der Waals surface area contributed by atoms with E-state index in [1.165, 1.54) is 10.4 Å². The minimum absolute atomic E-state index is 0.123. The average molecular weight is 273 g/mol. The van der Waals surface area contributed by atoms with Crippen molar-refractivity contribution in [3.05, 3.63) is 51.7 Å². The van der Waals surface area contributed by atoms with Gasteiger partial charge in [-0.2, -0.15) is 0 Å². The lowest BCUT2D eigenvalue weighted by molar-refractivity contribution is 0.885. The predicted molar refractivity (Wildman–Crippen MR) is 83.5 cm³/mol. The maximum Gasteiger partial charge on any atom is 0.124 e. The minimum atomic E-state index is 0.123. The number of thiophene rings is 1. The molecule has 0 unspecified atom stereocenters. The van der Waals surface area contributed by atoms with Crippen LogP contribution in [-0.2, 0) is 6.42 Å². The van der Waals surface area contributed by atoms with E-state index < -0.39 is 0 Å².